The molecule has 0 spiro atoms. The van der Waals surface area contributed by atoms with E-state index in [1.807, 2.05) is 0 Å². The van der Waals surface area contributed by atoms with Crippen molar-refractivity contribution in [1.82, 2.24) is 15.1 Å². The summed E-state index contributed by atoms with van der Waals surface area (Å²) in [5.74, 6) is 0. The SMILES string of the molecule is Cc1cc(C)n(CCC2CCCCN2)n1. The number of piperidine rings is 1. The third-order valence-corrected chi connectivity index (χ3v) is 3.21. The Morgan fingerprint density at radius 3 is 2.93 bits per heavy atom. The van der Waals surface area contributed by atoms with Crippen LogP contribution in [0.25, 0.3) is 0 Å². The molecule has 1 aromatic heterocycles. The lowest BCUT2D eigenvalue weighted by atomic mass is 10.0. The van der Waals surface area contributed by atoms with Crippen molar-refractivity contribution < 1.29 is 0 Å². The Hall–Kier alpha value is -0.830. The molecule has 1 N–H and O–H groups in total. The molecule has 0 radical (unpaired) electrons. The second-order valence-corrected chi connectivity index (χ2v) is 4.59. The lowest BCUT2D eigenvalue weighted by molar-refractivity contribution is 0.359. The largest absolute Gasteiger partial charge is 0.314 e. The summed E-state index contributed by atoms with van der Waals surface area (Å²) in [6.45, 7) is 6.44. The predicted octanol–water partition coefficient (Wildman–Crippen LogP) is 2.03. The van der Waals surface area contributed by atoms with Gasteiger partial charge >= 0.3 is 0 Å². The van der Waals surface area contributed by atoms with Crippen molar-refractivity contribution in [1.29, 1.82) is 0 Å². The molecule has 0 aliphatic carbocycles. The minimum atomic E-state index is 0.711. The van der Waals surface area contributed by atoms with Crippen LogP contribution in [-0.2, 0) is 6.54 Å². The van der Waals surface area contributed by atoms with Crippen molar-refractivity contribution >= 4 is 0 Å². The average Bonchev–Trinajstić information content (AvgIpc) is 2.56. The van der Waals surface area contributed by atoms with Gasteiger partial charge in [-0.2, -0.15) is 5.10 Å². The van der Waals surface area contributed by atoms with Gasteiger partial charge in [-0.25, -0.2) is 0 Å². The van der Waals surface area contributed by atoms with Crippen LogP contribution in [0.1, 0.15) is 37.1 Å². The Labute approximate surface area is 91.9 Å². The first-order valence-corrected chi connectivity index (χ1v) is 6.00. The third kappa shape index (κ3) is 2.81. The molecule has 1 fully saturated rings. The van der Waals surface area contributed by atoms with E-state index in [2.05, 4.69) is 35.0 Å². The van der Waals surface area contributed by atoms with Gasteiger partial charge in [0.15, 0.2) is 0 Å². The summed E-state index contributed by atoms with van der Waals surface area (Å²) in [7, 11) is 0. The molecule has 84 valence electrons. The van der Waals surface area contributed by atoms with E-state index in [1.165, 1.54) is 37.9 Å². The summed E-state index contributed by atoms with van der Waals surface area (Å²) in [5.41, 5.74) is 2.41. The highest BCUT2D eigenvalue weighted by molar-refractivity contribution is 5.06. The lowest BCUT2D eigenvalue weighted by Gasteiger charge is -2.23. The van der Waals surface area contributed by atoms with E-state index in [4.69, 9.17) is 0 Å². The molecule has 15 heavy (non-hydrogen) atoms. The highest BCUT2D eigenvalue weighted by Crippen LogP contribution is 2.11. The van der Waals surface area contributed by atoms with Crippen LogP contribution in [-0.4, -0.2) is 22.4 Å². The minimum Gasteiger partial charge on any atom is -0.314 e. The number of nitrogens with zero attached hydrogens (tertiary/aromatic N) is 2. The van der Waals surface area contributed by atoms with Gasteiger partial charge in [0.2, 0.25) is 0 Å². The molecule has 1 aliphatic heterocycles. The van der Waals surface area contributed by atoms with E-state index < -0.39 is 0 Å². The summed E-state index contributed by atoms with van der Waals surface area (Å²) >= 11 is 0. The zero-order valence-corrected chi connectivity index (χ0v) is 9.79. The Kier molecular flexibility index (Phi) is 3.41. The first-order valence-electron chi connectivity index (χ1n) is 6.00. The Balaban J connectivity index is 1.84. The van der Waals surface area contributed by atoms with E-state index >= 15 is 0 Å². The van der Waals surface area contributed by atoms with E-state index in [0.717, 1.165) is 12.2 Å². The number of aromatic nitrogens is 2. The maximum absolute atomic E-state index is 4.48. The van der Waals surface area contributed by atoms with Crippen LogP contribution in [0.3, 0.4) is 0 Å². The third-order valence-electron chi connectivity index (χ3n) is 3.21. The van der Waals surface area contributed by atoms with Crippen LogP contribution in [0.4, 0.5) is 0 Å². The van der Waals surface area contributed by atoms with Gasteiger partial charge in [0.25, 0.3) is 0 Å². The maximum Gasteiger partial charge on any atom is 0.0596 e. The molecule has 3 heteroatoms. The summed E-state index contributed by atoms with van der Waals surface area (Å²) in [4.78, 5) is 0. The molecular formula is C12H21N3. The van der Waals surface area contributed by atoms with Crippen LogP contribution in [0.15, 0.2) is 6.07 Å². The van der Waals surface area contributed by atoms with E-state index in [0.29, 0.717) is 6.04 Å². The minimum absolute atomic E-state index is 0.711. The smallest absolute Gasteiger partial charge is 0.0596 e. The molecule has 1 atom stereocenters. The summed E-state index contributed by atoms with van der Waals surface area (Å²) in [5, 5.41) is 8.06. The second-order valence-electron chi connectivity index (χ2n) is 4.59. The molecule has 3 nitrogen and oxygen atoms in total. The number of hydrogen-bond donors (Lipinski definition) is 1. The van der Waals surface area contributed by atoms with E-state index in [9.17, 15) is 0 Å². The number of hydrogen-bond acceptors (Lipinski definition) is 2. The Morgan fingerprint density at radius 2 is 2.33 bits per heavy atom. The summed E-state index contributed by atoms with van der Waals surface area (Å²) < 4.78 is 2.13. The summed E-state index contributed by atoms with van der Waals surface area (Å²) in [6.07, 6.45) is 5.27. The quantitative estimate of drug-likeness (QED) is 0.822. The molecule has 2 rings (SSSR count). The standard InChI is InChI=1S/C12H21N3/c1-10-9-11(2)15(14-10)8-6-12-5-3-4-7-13-12/h9,12-13H,3-8H2,1-2H3. The molecule has 0 saturated carbocycles. The topological polar surface area (TPSA) is 29.9 Å². The molecule has 1 aliphatic rings. The first-order chi connectivity index (χ1) is 7.25. The molecule has 0 amide bonds. The molecular weight excluding hydrogens is 186 g/mol. The number of aryl methyl sites for hydroxylation is 3. The van der Waals surface area contributed by atoms with Crippen molar-refractivity contribution in [3.63, 3.8) is 0 Å². The van der Waals surface area contributed by atoms with Gasteiger partial charge in [0.1, 0.15) is 0 Å². The number of rotatable bonds is 3. The van der Waals surface area contributed by atoms with Crippen LogP contribution in [0, 0.1) is 13.8 Å². The van der Waals surface area contributed by atoms with Gasteiger partial charge in [-0.3, -0.25) is 4.68 Å². The first kappa shape index (κ1) is 10.7. The fraction of sp³-hybridized carbons (Fsp3) is 0.750. The van der Waals surface area contributed by atoms with Crippen molar-refractivity contribution in [2.45, 2.75) is 52.1 Å². The number of nitrogens with one attached hydrogen (secondary N) is 1. The zero-order valence-electron chi connectivity index (χ0n) is 9.79. The van der Waals surface area contributed by atoms with Gasteiger partial charge in [0.05, 0.1) is 5.69 Å². The Bertz CT molecular complexity index is 311. The second kappa shape index (κ2) is 4.79. The van der Waals surface area contributed by atoms with Crippen LogP contribution in [0.5, 0.6) is 0 Å². The van der Waals surface area contributed by atoms with Gasteiger partial charge in [0, 0.05) is 18.3 Å². The monoisotopic (exact) mass is 207 g/mol. The molecule has 1 unspecified atom stereocenters. The highest BCUT2D eigenvalue weighted by atomic mass is 15.3. The normalized spacial score (nSPS) is 21.9. The lowest BCUT2D eigenvalue weighted by Crippen LogP contribution is -2.34. The summed E-state index contributed by atoms with van der Waals surface area (Å²) in [6, 6.07) is 2.86. The van der Waals surface area contributed by atoms with Gasteiger partial charge in [-0.1, -0.05) is 6.42 Å². The van der Waals surface area contributed by atoms with Gasteiger partial charge < -0.3 is 5.32 Å². The molecule has 0 bridgehead atoms. The van der Waals surface area contributed by atoms with Gasteiger partial charge in [-0.15, -0.1) is 0 Å². The van der Waals surface area contributed by atoms with Crippen LogP contribution >= 0.6 is 0 Å². The van der Waals surface area contributed by atoms with Crippen molar-refractivity contribution in [2.24, 2.45) is 0 Å². The van der Waals surface area contributed by atoms with Crippen molar-refractivity contribution in [2.75, 3.05) is 6.54 Å². The van der Waals surface area contributed by atoms with Crippen LogP contribution in [0.2, 0.25) is 0 Å². The Morgan fingerprint density at radius 1 is 1.47 bits per heavy atom. The average molecular weight is 207 g/mol. The van der Waals surface area contributed by atoms with E-state index in [1.54, 1.807) is 0 Å². The zero-order chi connectivity index (χ0) is 10.7. The van der Waals surface area contributed by atoms with Crippen molar-refractivity contribution in [3.8, 4) is 0 Å². The molecule has 1 saturated heterocycles. The molecule has 2 heterocycles. The maximum atomic E-state index is 4.48. The molecule has 1 aromatic rings. The van der Waals surface area contributed by atoms with E-state index in [-0.39, 0.29) is 0 Å². The highest BCUT2D eigenvalue weighted by Gasteiger charge is 2.12. The fourth-order valence-electron chi connectivity index (χ4n) is 2.35. The fourth-order valence-corrected chi connectivity index (χ4v) is 2.35. The molecule has 0 aromatic carbocycles. The van der Waals surface area contributed by atoms with Crippen molar-refractivity contribution in [3.05, 3.63) is 17.5 Å². The van der Waals surface area contributed by atoms with Gasteiger partial charge in [-0.05, 0) is 45.7 Å². The van der Waals surface area contributed by atoms with Crippen LogP contribution < -0.4 is 5.32 Å². The predicted molar refractivity (Wildman–Crippen MR) is 62.0 cm³/mol.